The minimum Gasteiger partial charge on any atom is -0.348 e. The summed E-state index contributed by atoms with van der Waals surface area (Å²) in [6.07, 6.45) is 8.54. The van der Waals surface area contributed by atoms with Crippen LogP contribution >= 0.6 is 0 Å². The molecule has 13 heteroatoms. The fourth-order valence-electron chi connectivity index (χ4n) is 7.71. The van der Waals surface area contributed by atoms with Crippen molar-refractivity contribution in [3.63, 3.8) is 0 Å². The lowest BCUT2D eigenvalue weighted by Crippen LogP contribution is -2.37. The first-order chi connectivity index (χ1) is 26.6. The van der Waals surface area contributed by atoms with Crippen molar-refractivity contribution in [3.8, 4) is 0 Å². The molecule has 0 radical (unpaired) electrons. The van der Waals surface area contributed by atoms with Crippen LogP contribution in [0.2, 0.25) is 0 Å². The number of benzene rings is 2. The number of aryl methyl sites for hydroxylation is 2. The maximum absolute atomic E-state index is 14.2. The van der Waals surface area contributed by atoms with Gasteiger partial charge in [-0.15, -0.1) is 0 Å². The number of carbonyl (C=O) groups excluding carboxylic acids is 3. The Morgan fingerprint density at radius 3 is 1.58 bits per heavy atom. The monoisotopic (exact) mass is 758 g/mol. The number of ether oxygens (including phenoxy) is 2. The number of halogens is 2. The third-order valence-corrected chi connectivity index (χ3v) is 11.0. The van der Waals surface area contributed by atoms with Crippen molar-refractivity contribution in [1.82, 2.24) is 30.2 Å². The van der Waals surface area contributed by atoms with Crippen LogP contribution in [0.1, 0.15) is 108 Å². The van der Waals surface area contributed by atoms with Gasteiger partial charge in [-0.3, -0.25) is 24.6 Å². The molecule has 2 aromatic heterocycles. The number of hydrogen-bond donors (Lipinski definition) is 2. The molecule has 2 aliphatic carbocycles. The molecule has 55 heavy (non-hydrogen) atoms. The third kappa shape index (κ3) is 10.9. The van der Waals surface area contributed by atoms with Crippen LogP contribution in [-0.2, 0) is 27.4 Å². The van der Waals surface area contributed by atoms with Crippen LogP contribution in [0.5, 0.6) is 0 Å². The van der Waals surface area contributed by atoms with Gasteiger partial charge in [0, 0.05) is 74.4 Å². The summed E-state index contributed by atoms with van der Waals surface area (Å²) in [7, 11) is 0. The summed E-state index contributed by atoms with van der Waals surface area (Å²) >= 11 is 0. The van der Waals surface area contributed by atoms with E-state index in [4.69, 9.17) is 9.47 Å². The lowest BCUT2D eigenvalue weighted by atomic mass is 9.83. The molecule has 4 aromatic rings. The van der Waals surface area contributed by atoms with Gasteiger partial charge in [0.15, 0.2) is 5.79 Å². The van der Waals surface area contributed by atoms with Crippen molar-refractivity contribution in [3.05, 3.63) is 106 Å². The van der Waals surface area contributed by atoms with Crippen LogP contribution < -0.4 is 0 Å². The van der Waals surface area contributed by atoms with Gasteiger partial charge >= 0.3 is 0 Å². The van der Waals surface area contributed by atoms with E-state index in [-0.39, 0.29) is 42.3 Å². The normalized spacial score (nSPS) is 17.2. The van der Waals surface area contributed by atoms with E-state index in [0.717, 1.165) is 62.8 Å². The van der Waals surface area contributed by atoms with E-state index in [2.05, 4.69) is 20.4 Å². The first-order valence-corrected chi connectivity index (χ1v) is 19.5. The van der Waals surface area contributed by atoms with E-state index in [1.807, 2.05) is 13.8 Å². The quantitative estimate of drug-likeness (QED) is 0.153. The second-order valence-corrected chi connectivity index (χ2v) is 15.1. The number of rotatable bonds is 12. The number of carbonyl (C=O) groups is 3. The molecule has 2 amide bonds. The average Bonchev–Trinajstić information content (AvgIpc) is 3.96. The summed E-state index contributed by atoms with van der Waals surface area (Å²) in [5, 5.41) is 13.7. The molecule has 2 N–H and O–H groups in total. The SMILES string of the molecule is Cc1cc(C(=O)N(CCC2CCC(=O)CC2)Cc2ccccc2F)n[nH]1.Cc1cc(C(=O)N(CCC2CCC3(CC2)OCCO3)Cc2ccccc2F)n[nH]1. The van der Waals surface area contributed by atoms with Gasteiger partial charge in [-0.1, -0.05) is 36.4 Å². The number of hydrogen-bond acceptors (Lipinski definition) is 7. The Bertz CT molecular complexity index is 1890. The number of nitrogens with one attached hydrogen (secondary N) is 2. The molecule has 3 fully saturated rings. The van der Waals surface area contributed by atoms with Gasteiger partial charge in [-0.05, 0) is 88.5 Å². The molecule has 1 saturated heterocycles. The number of ketones is 1. The minimum absolute atomic E-state index is 0.174. The highest BCUT2D eigenvalue weighted by atomic mass is 19.1. The molecular formula is C42H52F2N6O5. The predicted molar refractivity (Wildman–Crippen MR) is 202 cm³/mol. The zero-order valence-corrected chi connectivity index (χ0v) is 31.8. The van der Waals surface area contributed by atoms with Crippen LogP contribution in [-0.4, -0.2) is 79.9 Å². The zero-order chi connectivity index (χ0) is 38.8. The Hall–Kier alpha value is -4.75. The molecule has 2 aromatic carbocycles. The Morgan fingerprint density at radius 1 is 0.727 bits per heavy atom. The number of Topliss-reactive ketones (excluding diaryl/α,β-unsaturated/α-hetero) is 1. The van der Waals surface area contributed by atoms with Crippen molar-refractivity contribution >= 4 is 17.6 Å². The van der Waals surface area contributed by atoms with E-state index in [1.54, 1.807) is 58.3 Å². The van der Waals surface area contributed by atoms with Gasteiger partial charge < -0.3 is 19.3 Å². The van der Waals surface area contributed by atoms with Gasteiger partial charge in [0.25, 0.3) is 11.8 Å². The summed E-state index contributed by atoms with van der Waals surface area (Å²) in [5.74, 6) is -0.0873. The van der Waals surface area contributed by atoms with E-state index >= 15 is 0 Å². The summed E-state index contributed by atoms with van der Waals surface area (Å²) in [6.45, 7) is 6.59. The molecule has 2 saturated carbocycles. The maximum atomic E-state index is 14.2. The van der Waals surface area contributed by atoms with Crippen molar-refractivity contribution in [2.75, 3.05) is 26.3 Å². The topological polar surface area (TPSA) is 134 Å². The maximum Gasteiger partial charge on any atom is 0.274 e. The lowest BCUT2D eigenvalue weighted by Gasteiger charge is -2.36. The van der Waals surface area contributed by atoms with Crippen molar-refractivity contribution < 1.29 is 32.6 Å². The van der Waals surface area contributed by atoms with Crippen LogP contribution in [0, 0.1) is 37.3 Å². The smallest absolute Gasteiger partial charge is 0.274 e. The largest absolute Gasteiger partial charge is 0.348 e. The second-order valence-electron chi connectivity index (χ2n) is 15.1. The number of amides is 2. The van der Waals surface area contributed by atoms with Crippen molar-refractivity contribution in [2.24, 2.45) is 11.8 Å². The number of aromatic nitrogens is 4. The molecule has 1 spiro atoms. The number of nitrogens with zero attached hydrogens (tertiary/aromatic N) is 4. The summed E-state index contributed by atoms with van der Waals surface area (Å²) in [6, 6.07) is 16.6. The number of H-pyrrole nitrogens is 2. The fourth-order valence-corrected chi connectivity index (χ4v) is 7.71. The molecular weight excluding hydrogens is 706 g/mol. The molecule has 294 valence electrons. The second kappa shape index (κ2) is 18.7. The molecule has 1 aliphatic heterocycles. The average molecular weight is 759 g/mol. The molecule has 3 aliphatic rings. The Morgan fingerprint density at radius 2 is 1.16 bits per heavy atom. The Kier molecular flexibility index (Phi) is 13.6. The van der Waals surface area contributed by atoms with E-state index in [0.29, 0.717) is 79.3 Å². The van der Waals surface area contributed by atoms with E-state index in [1.165, 1.54) is 12.1 Å². The van der Waals surface area contributed by atoms with Crippen LogP contribution in [0.3, 0.4) is 0 Å². The molecule has 0 unspecified atom stereocenters. The van der Waals surface area contributed by atoms with Gasteiger partial charge in [-0.2, -0.15) is 10.2 Å². The minimum atomic E-state index is -0.369. The van der Waals surface area contributed by atoms with E-state index in [9.17, 15) is 23.2 Å². The van der Waals surface area contributed by atoms with Gasteiger partial charge in [0.1, 0.15) is 28.8 Å². The van der Waals surface area contributed by atoms with Crippen molar-refractivity contribution in [1.29, 1.82) is 0 Å². The third-order valence-electron chi connectivity index (χ3n) is 11.0. The molecule has 0 atom stereocenters. The Balaban J connectivity index is 0.000000188. The van der Waals surface area contributed by atoms with Gasteiger partial charge in [0.2, 0.25) is 0 Å². The molecule has 11 nitrogen and oxygen atoms in total. The molecule has 7 rings (SSSR count). The van der Waals surface area contributed by atoms with Crippen molar-refractivity contribution in [2.45, 2.75) is 96.9 Å². The predicted octanol–water partition coefficient (Wildman–Crippen LogP) is 7.47. The van der Waals surface area contributed by atoms with Crippen LogP contribution in [0.25, 0.3) is 0 Å². The fraction of sp³-hybridized carbons (Fsp3) is 0.500. The highest BCUT2D eigenvalue weighted by molar-refractivity contribution is 5.93. The lowest BCUT2D eigenvalue weighted by molar-refractivity contribution is -0.182. The molecule has 0 bridgehead atoms. The highest BCUT2D eigenvalue weighted by Gasteiger charge is 2.40. The summed E-state index contributed by atoms with van der Waals surface area (Å²) in [4.78, 5) is 40.7. The van der Waals surface area contributed by atoms with E-state index < -0.39 is 0 Å². The van der Waals surface area contributed by atoms with Crippen LogP contribution in [0.4, 0.5) is 8.78 Å². The standard InChI is InChI=1S/C22H28FN3O3.C20H24FN3O2/c1-16-14-20(25-24-16)21(27)26(15-18-4-2-3-5-19(18)23)11-8-17-6-9-22(10-7-17)28-12-13-29-22;1-14-12-19(23-22-14)20(26)24(13-16-4-2-3-5-18(16)21)11-10-15-6-8-17(25)9-7-15/h2-5,14,17H,6-13,15H2,1H3,(H,24,25);2-5,12,15H,6-11,13H2,1H3,(H,22,23). The molecule has 3 heterocycles. The number of aromatic amines is 2. The first-order valence-electron chi connectivity index (χ1n) is 19.5. The van der Waals surface area contributed by atoms with Gasteiger partial charge in [0.05, 0.1) is 13.2 Å². The summed E-state index contributed by atoms with van der Waals surface area (Å²) in [5.41, 5.74) is 3.36. The Labute approximate surface area is 321 Å². The first kappa shape index (κ1) is 39.9. The summed E-state index contributed by atoms with van der Waals surface area (Å²) < 4.78 is 39.9. The van der Waals surface area contributed by atoms with Crippen LogP contribution in [0.15, 0.2) is 60.7 Å². The van der Waals surface area contributed by atoms with Gasteiger partial charge in [-0.25, -0.2) is 8.78 Å². The highest BCUT2D eigenvalue weighted by Crippen LogP contribution is 2.39. The zero-order valence-electron chi connectivity index (χ0n) is 31.8.